The smallest absolute Gasteiger partial charge is 0.290 e. The summed E-state index contributed by atoms with van der Waals surface area (Å²) in [5, 5.41) is 1.96. The lowest BCUT2D eigenvalue weighted by atomic mass is 10.0. The molecule has 40 heavy (non-hydrogen) atoms. The number of aromatic nitrogens is 3. The molecule has 0 aliphatic carbocycles. The number of benzene rings is 1. The number of hydrogen-bond acceptors (Lipinski definition) is 9. The molecule has 3 aromatic rings. The normalized spacial score (nSPS) is 17.3. The molecule has 2 saturated heterocycles. The van der Waals surface area contributed by atoms with Crippen molar-refractivity contribution < 1.29 is 9.59 Å². The van der Waals surface area contributed by atoms with Gasteiger partial charge in [0.2, 0.25) is 5.95 Å². The highest BCUT2D eigenvalue weighted by Crippen LogP contribution is 2.29. The lowest BCUT2D eigenvalue weighted by Crippen LogP contribution is -2.47. The van der Waals surface area contributed by atoms with Crippen LogP contribution >= 0.6 is 11.8 Å². The number of imide groups is 1. The van der Waals surface area contributed by atoms with Crippen molar-refractivity contribution >= 4 is 46.4 Å². The lowest BCUT2D eigenvalue weighted by molar-refractivity contribution is -0.115. The van der Waals surface area contributed by atoms with Crippen molar-refractivity contribution in [2.45, 2.75) is 33.1 Å². The second-order valence-electron chi connectivity index (χ2n) is 10.0. The van der Waals surface area contributed by atoms with E-state index in [0.717, 1.165) is 69.0 Å². The molecular weight excluding hydrogens is 522 g/mol. The fourth-order valence-electron chi connectivity index (χ4n) is 4.99. The number of amides is 2. The highest BCUT2D eigenvalue weighted by atomic mass is 32.2. The SMILES string of the molecule is CCC(CN(CC)c1cc(C=C2SC(=O)NC2=O)nc(N2CCN(c3ccc(C)cc3)CC2)n1)c1ccccn1. The van der Waals surface area contributed by atoms with Crippen LogP contribution in [0, 0.1) is 6.92 Å². The Morgan fingerprint density at radius 2 is 1.77 bits per heavy atom. The molecule has 2 aliphatic rings. The third-order valence-corrected chi connectivity index (χ3v) is 8.16. The summed E-state index contributed by atoms with van der Waals surface area (Å²) in [6.45, 7) is 11.2. The predicted molar refractivity (Wildman–Crippen MR) is 162 cm³/mol. The van der Waals surface area contributed by atoms with Crippen LogP contribution in [0.5, 0.6) is 0 Å². The Kier molecular flexibility index (Phi) is 8.64. The van der Waals surface area contributed by atoms with Gasteiger partial charge in [0.05, 0.1) is 10.6 Å². The van der Waals surface area contributed by atoms with E-state index in [1.54, 1.807) is 6.08 Å². The molecule has 2 aliphatic heterocycles. The minimum atomic E-state index is -0.392. The number of hydrogen-bond donors (Lipinski definition) is 1. The van der Waals surface area contributed by atoms with Gasteiger partial charge in [-0.2, -0.15) is 4.98 Å². The average Bonchev–Trinajstić information content (AvgIpc) is 3.30. The van der Waals surface area contributed by atoms with Crippen LogP contribution in [0.25, 0.3) is 6.08 Å². The highest BCUT2D eigenvalue weighted by Gasteiger charge is 2.27. The van der Waals surface area contributed by atoms with Gasteiger partial charge in [0.25, 0.3) is 11.1 Å². The van der Waals surface area contributed by atoms with E-state index in [9.17, 15) is 9.59 Å². The molecule has 2 aromatic heterocycles. The zero-order valence-corrected chi connectivity index (χ0v) is 24.0. The summed E-state index contributed by atoms with van der Waals surface area (Å²) in [5.41, 5.74) is 4.14. The van der Waals surface area contributed by atoms with E-state index in [1.165, 1.54) is 11.3 Å². The van der Waals surface area contributed by atoms with Crippen LogP contribution in [-0.4, -0.2) is 65.4 Å². The molecular formula is C30H35N7O2S. The molecule has 0 bridgehead atoms. The van der Waals surface area contributed by atoms with Gasteiger partial charge in [-0.25, -0.2) is 4.98 Å². The quantitative estimate of drug-likeness (QED) is 0.371. The maximum atomic E-state index is 12.3. The van der Waals surface area contributed by atoms with E-state index in [2.05, 4.69) is 76.1 Å². The van der Waals surface area contributed by atoms with Crippen molar-refractivity contribution in [2.75, 3.05) is 54.0 Å². The Morgan fingerprint density at radius 3 is 2.40 bits per heavy atom. The standard InChI is InChI=1S/C30H35N7O2S/c1-4-22(25-8-6-7-13-31-25)20-35(5-2)27-19-23(18-26-28(38)34-30(39)40-26)32-29(33-27)37-16-14-36(15-17-37)24-11-9-21(3)10-12-24/h6-13,18-19,22H,4-5,14-17,20H2,1-3H3,(H,34,38,39). The number of nitrogens with one attached hydrogen (secondary N) is 1. The van der Waals surface area contributed by atoms with Crippen molar-refractivity contribution in [3.05, 3.63) is 76.6 Å². The molecule has 2 amide bonds. The summed E-state index contributed by atoms with van der Waals surface area (Å²) < 4.78 is 0. The van der Waals surface area contributed by atoms with E-state index in [-0.39, 0.29) is 11.2 Å². The molecule has 0 saturated carbocycles. The Bertz CT molecular complexity index is 1370. The van der Waals surface area contributed by atoms with Crippen molar-refractivity contribution in [2.24, 2.45) is 0 Å². The van der Waals surface area contributed by atoms with Gasteiger partial charge in [-0.05, 0) is 62.4 Å². The van der Waals surface area contributed by atoms with Crippen LogP contribution in [0.4, 0.5) is 22.2 Å². The van der Waals surface area contributed by atoms with Gasteiger partial charge in [0, 0.05) is 68.8 Å². The van der Waals surface area contributed by atoms with Crippen molar-refractivity contribution in [3.63, 3.8) is 0 Å². The molecule has 9 nitrogen and oxygen atoms in total. The first-order valence-corrected chi connectivity index (χ1v) is 14.6. The number of thioether (sulfide) groups is 1. The summed E-state index contributed by atoms with van der Waals surface area (Å²) in [4.78, 5) is 45.7. The van der Waals surface area contributed by atoms with Gasteiger partial charge >= 0.3 is 0 Å². The first kappa shape index (κ1) is 27.6. The number of carbonyl (C=O) groups is 2. The van der Waals surface area contributed by atoms with Crippen molar-refractivity contribution in [1.29, 1.82) is 0 Å². The first-order chi connectivity index (χ1) is 19.4. The van der Waals surface area contributed by atoms with Gasteiger partial charge < -0.3 is 14.7 Å². The first-order valence-electron chi connectivity index (χ1n) is 13.8. The van der Waals surface area contributed by atoms with E-state index in [1.807, 2.05) is 24.4 Å². The number of rotatable bonds is 9. The number of likely N-dealkylation sites (N-methyl/N-ethyl adjacent to an activating group) is 1. The number of anilines is 3. The Hall–Kier alpha value is -3.92. The molecule has 1 aromatic carbocycles. The number of nitrogens with zero attached hydrogens (tertiary/aromatic N) is 6. The number of carbonyl (C=O) groups excluding carboxylic acids is 2. The van der Waals surface area contributed by atoms with Gasteiger partial charge in [-0.1, -0.05) is 30.7 Å². The molecule has 1 N–H and O–H groups in total. The number of pyridine rings is 1. The minimum Gasteiger partial charge on any atom is -0.368 e. The molecule has 208 valence electrons. The van der Waals surface area contributed by atoms with Gasteiger partial charge in [0.15, 0.2) is 0 Å². The molecule has 5 rings (SSSR count). The summed E-state index contributed by atoms with van der Waals surface area (Å²) >= 11 is 0.899. The van der Waals surface area contributed by atoms with Crippen LogP contribution in [0.15, 0.2) is 59.6 Å². The maximum absolute atomic E-state index is 12.3. The zero-order valence-electron chi connectivity index (χ0n) is 23.2. The lowest BCUT2D eigenvalue weighted by Gasteiger charge is -2.36. The third kappa shape index (κ3) is 6.44. The molecule has 1 atom stereocenters. The summed E-state index contributed by atoms with van der Waals surface area (Å²) in [7, 11) is 0. The molecule has 0 spiro atoms. The monoisotopic (exact) mass is 557 g/mol. The van der Waals surface area contributed by atoms with Crippen LogP contribution in [-0.2, 0) is 4.79 Å². The fraction of sp³-hybridized carbons (Fsp3) is 0.367. The van der Waals surface area contributed by atoms with Crippen LogP contribution in [0.1, 0.15) is 43.1 Å². The van der Waals surface area contributed by atoms with Gasteiger partial charge in [-0.15, -0.1) is 0 Å². The zero-order chi connectivity index (χ0) is 28.1. The van der Waals surface area contributed by atoms with Crippen LogP contribution in [0.3, 0.4) is 0 Å². The van der Waals surface area contributed by atoms with Crippen molar-refractivity contribution in [1.82, 2.24) is 20.3 Å². The minimum absolute atomic E-state index is 0.244. The second-order valence-corrected chi connectivity index (χ2v) is 11.0. The maximum Gasteiger partial charge on any atom is 0.290 e. The molecule has 1 unspecified atom stereocenters. The van der Waals surface area contributed by atoms with Crippen LogP contribution < -0.4 is 20.0 Å². The Labute approximate surface area is 239 Å². The topological polar surface area (TPSA) is 94.6 Å². The number of piperazine rings is 1. The van der Waals surface area contributed by atoms with E-state index in [4.69, 9.17) is 9.97 Å². The molecule has 0 radical (unpaired) electrons. The molecule has 2 fully saturated rings. The molecule has 4 heterocycles. The summed E-state index contributed by atoms with van der Waals surface area (Å²) in [6.07, 6.45) is 4.47. The van der Waals surface area contributed by atoms with Gasteiger partial charge in [0.1, 0.15) is 5.82 Å². The highest BCUT2D eigenvalue weighted by molar-refractivity contribution is 8.18. The number of aryl methyl sites for hydroxylation is 1. The largest absolute Gasteiger partial charge is 0.368 e. The fourth-order valence-corrected chi connectivity index (χ4v) is 5.66. The van der Waals surface area contributed by atoms with E-state index >= 15 is 0 Å². The summed E-state index contributed by atoms with van der Waals surface area (Å²) in [5.74, 6) is 1.28. The van der Waals surface area contributed by atoms with E-state index in [0.29, 0.717) is 16.5 Å². The van der Waals surface area contributed by atoms with Crippen LogP contribution in [0.2, 0.25) is 0 Å². The summed E-state index contributed by atoms with van der Waals surface area (Å²) in [6, 6.07) is 16.6. The van der Waals surface area contributed by atoms with Gasteiger partial charge in [-0.3, -0.25) is 19.9 Å². The molecule has 10 heteroatoms. The Balaban J connectivity index is 1.43. The predicted octanol–water partition coefficient (Wildman–Crippen LogP) is 4.85. The van der Waals surface area contributed by atoms with E-state index < -0.39 is 5.91 Å². The average molecular weight is 558 g/mol. The Morgan fingerprint density at radius 1 is 1.02 bits per heavy atom. The van der Waals surface area contributed by atoms with Crippen molar-refractivity contribution in [3.8, 4) is 0 Å². The second kappa shape index (κ2) is 12.5. The third-order valence-electron chi connectivity index (χ3n) is 7.35.